The van der Waals surface area contributed by atoms with Gasteiger partial charge in [-0.2, -0.15) is 0 Å². The van der Waals surface area contributed by atoms with Crippen LogP contribution in [0.3, 0.4) is 0 Å². The van der Waals surface area contributed by atoms with Gasteiger partial charge in [0, 0.05) is 27.8 Å². The van der Waals surface area contributed by atoms with Crippen LogP contribution in [0.1, 0.15) is 49.9 Å². The third kappa shape index (κ3) is 6.76. The Morgan fingerprint density at radius 2 is 0.627 bits per heavy atom. The molecule has 1 heteroatoms. The summed E-state index contributed by atoms with van der Waals surface area (Å²) in [5.74, 6) is 0. The molecule has 10 aromatic rings. The van der Waals surface area contributed by atoms with E-state index >= 15 is 0 Å². The molecule has 0 saturated carbocycles. The van der Waals surface area contributed by atoms with Gasteiger partial charge in [-0.3, -0.25) is 0 Å². The predicted octanol–water partition coefficient (Wildman–Crippen LogP) is 18.1. The monoisotopic (exact) mass is 857 g/mol. The number of nitrogens with zero attached hydrogens (tertiary/aromatic N) is 1. The fourth-order valence-corrected chi connectivity index (χ4v) is 11.2. The van der Waals surface area contributed by atoms with Crippen molar-refractivity contribution < 1.29 is 0 Å². The van der Waals surface area contributed by atoms with Gasteiger partial charge in [-0.05, 0) is 149 Å². The van der Waals surface area contributed by atoms with Crippen molar-refractivity contribution in [3.63, 3.8) is 0 Å². The lowest BCUT2D eigenvalue weighted by atomic mass is 9.82. The first-order valence-corrected chi connectivity index (χ1v) is 23.6. The SMILES string of the molecule is CC1(C)c2ccccc2-c2ccc(N(c3ccc4c(c3)C(C)(C)c3ccccc3-4)c3ccccc3-c3cc(-c4ccccc4)ccc3-c3cc(-c4ccccc4)cc(-c4ccccc4)c3)cc21. The molecule has 0 fully saturated rings. The lowest BCUT2D eigenvalue weighted by Crippen LogP contribution is -2.18. The Morgan fingerprint density at radius 3 is 1.13 bits per heavy atom. The van der Waals surface area contributed by atoms with E-state index in [1.807, 2.05) is 0 Å². The zero-order valence-electron chi connectivity index (χ0n) is 38.5. The number of hydrogen-bond acceptors (Lipinski definition) is 1. The van der Waals surface area contributed by atoms with E-state index < -0.39 is 0 Å². The maximum Gasteiger partial charge on any atom is 0.0540 e. The highest BCUT2D eigenvalue weighted by Crippen LogP contribution is 2.54. The lowest BCUT2D eigenvalue weighted by molar-refractivity contribution is 0.660. The number of anilines is 3. The summed E-state index contributed by atoms with van der Waals surface area (Å²) < 4.78 is 0. The van der Waals surface area contributed by atoms with Crippen molar-refractivity contribution in [1.29, 1.82) is 0 Å². The summed E-state index contributed by atoms with van der Waals surface area (Å²) in [7, 11) is 0. The Kier molecular flexibility index (Phi) is 9.59. The Labute approximate surface area is 395 Å². The van der Waals surface area contributed by atoms with Crippen LogP contribution in [0.25, 0.3) is 77.9 Å². The van der Waals surface area contributed by atoms with Crippen molar-refractivity contribution >= 4 is 17.1 Å². The topological polar surface area (TPSA) is 3.24 Å². The van der Waals surface area contributed by atoms with Gasteiger partial charge in [0.2, 0.25) is 0 Å². The van der Waals surface area contributed by atoms with Crippen LogP contribution in [0, 0.1) is 0 Å². The van der Waals surface area contributed by atoms with Gasteiger partial charge in [0.25, 0.3) is 0 Å². The molecule has 12 rings (SSSR count). The Balaban J connectivity index is 1.11. The maximum absolute atomic E-state index is 2.53. The molecule has 0 heterocycles. The van der Waals surface area contributed by atoms with Crippen molar-refractivity contribution in [2.75, 3.05) is 4.90 Å². The van der Waals surface area contributed by atoms with Crippen LogP contribution >= 0.6 is 0 Å². The van der Waals surface area contributed by atoms with Crippen molar-refractivity contribution in [2.45, 2.75) is 38.5 Å². The molecule has 0 atom stereocenters. The van der Waals surface area contributed by atoms with Crippen LogP contribution in [0.5, 0.6) is 0 Å². The van der Waals surface area contributed by atoms with E-state index in [9.17, 15) is 0 Å². The van der Waals surface area contributed by atoms with Crippen LogP contribution in [-0.4, -0.2) is 0 Å². The lowest BCUT2D eigenvalue weighted by Gasteiger charge is -2.31. The summed E-state index contributed by atoms with van der Waals surface area (Å²) in [4.78, 5) is 2.53. The number of rotatable bonds is 8. The molecule has 0 spiro atoms. The van der Waals surface area contributed by atoms with Crippen molar-refractivity contribution in [3.05, 3.63) is 259 Å². The summed E-state index contributed by atoms with van der Waals surface area (Å²) in [6.07, 6.45) is 0. The smallest absolute Gasteiger partial charge is 0.0540 e. The normalized spacial score (nSPS) is 13.6. The van der Waals surface area contributed by atoms with E-state index in [1.165, 1.54) is 94.6 Å². The van der Waals surface area contributed by atoms with Crippen molar-refractivity contribution in [1.82, 2.24) is 0 Å². The fourth-order valence-electron chi connectivity index (χ4n) is 11.2. The second kappa shape index (κ2) is 15.9. The van der Waals surface area contributed by atoms with E-state index in [4.69, 9.17) is 0 Å². The third-order valence-corrected chi connectivity index (χ3v) is 14.7. The fraction of sp³-hybridized carbons (Fsp3) is 0.0909. The standard InChI is InChI=1S/C66H51N/c1-65(2)60-29-17-14-26-54(60)56-36-33-51(42-62(56)65)67(52-34-37-57-55-27-15-18-30-61(55)66(3,4)63(57)43-52)64-31-19-16-28-58(64)59-41-47(44-20-8-5-9-21-44)32-35-53(59)50-39-48(45-22-10-6-11-23-45)38-49(40-50)46-24-12-7-13-25-46/h5-43H,1-4H3. The summed E-state index contributed by atoms with van der Waals surface area (Å²) >= 11 is 0. The van der Waals surface area contributed by atoms with Crippen LogP contribution in [0.4, 0.5) is 17.1 Å². The van der Waals surface area contributed by atoms with E-state index in [0.717, 1.165) is 22.6 Å². The molecular formula is C66H51N. The molecule has 10 aromatic carbocycles. The third-order valence-electron chi connectivity index (χ3n) is 14.7. The molecule has 0 aliphatic heterocycles. The summed E-state index contributed by atoms with van der Waals surface area (Å²) in [5, 5.41) is 0. The average Bonchev–Trinajstić information content (AvgIpc) is 3.76. The molecule has 2 aliphatic rings. The first kappa shape index (κ1) is 40.5. The van der Waals surface area contributed by atoms with E-state index in [1.54, 1.807) is 0 Å². The van der Waals surface area contributed by atoms with Crippen LogP contribution in [0.15, 0.2) is 237 Å². The van der Waals surface area contributed by atoms with E-state index in [0.29, 0.717) is 0 Å². The minimum atomic E-state index is -0.161. The molecule has 67 heavy (non-hydrogen) atoms. The van der Waals surface area contributed by atoms with Gasteiger partial charge < -0.3 is 4.90 Å². The van der Waals surface area contributed by atoms with Crippen molar-refractivity contribution in [3.8, 4) is 77.9 Å². The first-order valence-electron chi connectivity index (χ1n) is 23.6. The largest absolute Gasteiger partial charge is 0.310 e. The number of fused-ring (bicyclic) bond motifs is 6. The molecule has 0 bridgehead atoms. The van der Waals surface area contributed by atoms with Gasteiger partial charge >= 0.3 is 0 Å². The minimum Gasteiger partial charge on any atom is -0.310 e. The summed E-state index contributed by atoms with van der Waals surface area (Å²) in [6.45, 7) is 9.51. The van der Waals surface area contributed by atoms with Gasteiger partial charge in [-0.25, -0.2) is 0 Å². The molecule has 2 aliphatic carbocycles. The Morgan fingerprint density at radius 1 is 0.239 bits per heavy atom. The number of para-hydroxylation sites is 1. The Bertz CT molecular complexity index is 3340. The van der Waals surface area contributed by atoms with Gasteiger partial charge in [-0.1, -0.05) is 210 Å². The molecule has 1 nitrogen and oxygen atoms in total. The van der Waals surface area contributed by atoms with E-state index in [-0.39, 0.29) is 10.8 Å². The molecule has 0 unspecified atom stereocenters. The summed E-state index contributed by atoms with van der Waals surface area (Å²) in [5.41, 5.74) is 25.6. The van der Waals surface area contributed by atoms with Crippen LogP contribution in [-0.2, 0) is 10.8 Å². The zero-order valence-corrected chi connectivity index (χ0v) is 38.5. The number of hydrogen-bond donors (Lipinski definition) is 0. The minimum absolute atomic E-state index is 0.161. The van der Waals surface area contributed by atoms with Gasteiger partial charge in [0.05, 0.1) is 5.69 Å². The molecular weight excluding hydrogens is 807 g/mol. The quantitative estimate of drug-likeness (QED) is 0.147. The number of benzene rings is 10. The van der Waals surface area contributed by atoms with Crippen LogP contribution in [0.2, 0.25) is 0 Å². The Hall–Kier alpha value is -8.00. The highest BCUT2D eigenvalue weighted by Gasteiger charge is 2.38. The zero-order chi connectivity index (χ0) is 45.3. The molecule has 320 valence electrons. The maximum atomic E-state index is 2.53. The summed E-state index contributed by atoms with van der Waals surface area (Å²) in [6, 6.07) is 87.8. The van der Waals surface area contributed by atoms with E-state index in [2.05, 4.69) is 269 Å². The second-order valence-corrected chi connectivity index (χ2v) is 19.3. The predicted molar refractivity (Wildman–Crippen MR) is 283 cm³/mol. The highest BCUT2D eigenvalue weighted by molar-refractivity contribution is 5.98. The first-order chi connectivity index (χ1) is 32.7. The molecule has 0 radical (unpaired) electrons. The average molecular weight is 858 g/mol. The van der Waals surface area contributed by atoms with Crippen LogP contribution < -0.4 is 4.90 Å². The molecule has 0 amide bonds. The molecule has 0 saturated heterocycles. The molecule has 0 N–H and O–H groups in total. The van der Waals surface area contributed by atoms with Gasteiger partial charge in [-0.15, -0.1) is 0 Å². The highest BCUT2D eigenvalue weighted by atomic mass is 15.1. The van der Waals surface area contributed by atoms with Crippen molar-refractivity contribution in [2.24, 2.45) is 0 Å². The second-order valence-electron chi connectivity index (χ2n) is 19.3. The molecule has 0 aromatic heterocycles. The van der Waals surface area contributed by atoms with Gasteiger partial charge in [0.15, 0.2) is 0 Å². The van der Waals surface area contributed by atoms with Gasteiger partial charge in [0.1, 0.15) is 0 Å².